The number of urea groups is 1. The molecule has 0 aliphatic rings. The number of rotatable bonds is 48. The second-order valence-electron chi connectivity index (χ2n) is 34.5. The molecule has 0 aromatic heterocycles. The van der Waals surface area contributed by atoms with Crippen LogP contribution >= 0.6 is 0 Å². The van der Waals surface area contributed by atoms with E-state index in [0.717, 1.165) is 11.3 Å². The molecule has 0 aromatic carbocycles. The maximum atomic E-state index is 11.7. The van der Waals surface area contributed by atoms with Crippen molar-refractivity contribution in [3.8, 4) is 0 Å². The first-order valence-electron chi connectivity index (χ1n) is 43.2. The zero-order valence-electron chi connectivity index (χ0n) is 81.8. The van der Waals surface area contributed by atoms with Crippen LogP contribution < -0.4 is 79.5 Å². The summed E-state index contributed by atoms with van der Waals surface area (Å²) < 4.78 is 26.6. The van der Waals surface area contributed by atoms with Gasteiger partial charge in [-0.05, 0) is 103 Å². The van der Waals surface area contributed by atoms with Crippen LogP contribution in [0.2, 0.25) is 0 Å². The Kier molecular flexibility index (Phi) is 77.4. The lowest BCUT2D eigenvalue weighted by Gasteiger charge is -2.24. The molecule has 16 atom stereocenters. The number of hydrazone groups is 1. The molecule has 33 heteroatoms. The van der Waals surface area contributed by atoms with Crippen molar-refractivity contribution in [3.63, 3.8) is 0 Å². The zero-order chi connectivity index (χ0) is 95.6. The van der Waals surface area contributed by atoms with Gasteiger partial charge in [0.05, 0.1) is 54.4 Å². The van der Waals surface area contributed by atoms with Gasteiger partial charge in [-0.2, -0.15) is 5.10 Å². The first-order valence-corrected chi connectivity index (χ1v) is 44.7. The van der Waals surface area contributed by atoms with Gasteiger partial charge in [-0.1, -0.05) is 180 Å². The largest absolute Gasteiger partial charge is 0.623 e. The van der Waals surface area contributed by atoms with Gasteiger partial charge >= 0.3 is 6.03 Å². The summed E-state index contributed by atoms with van der Waals surface area (Å²) in [7, 11) is -3.48. The minimum Gasteiger partial charge on any atom is -0.623 e. The van der Waals surface area contributed by atoms with Crippen LogP contribution in [-0.4, -0.2) is 247 Å². The van der Waals surface area contributed by atoms with Gasteiger partial charge in [0.15, 0.2) is 40.9 Å². The van der Waals surface area contributed by atoms with Crippen LogP contribution in [0.5, 0.6) is 0 Å². The summed E-state index contributed by atoms with van der Waals surface area (Å²) in [5.74, 6) is -0.776. The van der Waals surface area contributed by atoms with E-state index in [1.807, 2.05) is 186 Å². The molecule has 16 unspecified atom stereocenters. The lowest BCUT2D eigenvalue weighted by Crippen LogP contribution is -2.66. The van der Waals surface area contributed by atoms with Crippen LogP contribution in [0.25, 0.3) is 0 Å². The normalized spacial score (nSPS) is 15.8. The number of nitrogens with one attached hydrogen (secondary N) is 13. The number of nitrogens with zero attached hydrogens (tertiary/aromatic N) is 3. The Bertz CT molecular complexity index is 2980. The average molecular weight is 1720 g/mol. The van der Waals surface area contributed by atoms with Crippen molar-refractivity contribution in [2.24, 2.45) is 45.6 Å². The van der Waals surface area contributed by atoms with Gasteiger partial charge in [0.2, 0.25) is 27.8 Å². The predicted molar refractivity (Wildman–Crippen MR) is 488 cm³/mol. The molecule has 0 rings (SSSR count). The number of aliphatic hydroxyl groups is 1. The summed E-state index contributed by atoms with van der Waals surface area (Å²) in [6.45, 7) is 79.2. The molecule has 0 fully saturated rings. The lowest BCUT2D eigenvalue weighted by atomic mass is 10.0. The first kappa shape index (κ1) is 129. The van der Waals surface area contributed by atoms with Gasteiger partial charge in [0, 0.05) is 135 Å². The number of carbonyl (C=O) groups is 10. The molecule has 32 nitrogen and oxygen atoms in total. The molecule has 0 saturated carbocycles. The van der Waals surface area contributed by atoms with Crippen LogP contribution in [0.4, 0.5) is 4.79 Å². The number of carbonyl (C=O) groups excluding carboxylic acids is 10. The number of hydrogen-bond acceptors (Lipinski definition) is 26. The maximum Gasteiger partial charge on any atom is 0.335 e. The third-order valence-corrected chi connectivity index (χ3v) is 18.6. The van der Waals surface area contributed by atoms with Gasteiger partial charge < -0.3 is 84.4 Å². The minimum absolute atomic E-state index is 0.0102. The summed E-state index contributed by atoms with van der Waals surface area (Å²) in [5, 5.41) is 68.0. The van der Waals surface area contributed by atoms with E-state index in [1.54, 1.807) is 68.5 Å². The van der Waals surface area contributed by atoms with Crippen LogP contribution in [0.3, 0.4) is 0 Å². The number of quaternary nitrogens is 1. The number of aliphatic imine (C=N–C) groups is 1. The molecule has 0 aromatic rings. The van der Waals surface area contributed by atoms with Crippen molar-refractivity contribution < 1.29 is 77.0 Å². The fourth-order valence-corrected chi connectivity index (χ4v) is 11.6. The molecule has 3 amide bonds. The standard InChI is InChI=1S/C13H28N2O2.C12H24N4O2.2C12H24N2O2.C12H26N2O.C12H24N2O.C10H22N2O3S.C3H7NO2/c1-8(2)13(17)11(6)14-7-12(16)10(5)15-9(3)4;1-6-11(17)10(5)15-12(18)16-13-7-9(4)14-8(2)3;1-8(2)12(15)11(6)14(16)7-10(5)13-9(3)4;1-7(2)11(15)9(5)14-12(16)10(6)13-8(3)4;2*1-8(2)12(15)11(6)13-7-10(5)14-9(3)4;1-6-11-9(5)16(14,15)12-8(4)10(13)7(2)3;1-2(4)3(5)6/h8-12,14-16H,7H2,1-6H3;7-10,14H,6H2,1-5H3,(H2,15,16,18);7-11,13H,1-6H3;7-10,13H,1-6H3,(H,14,16);8-11,13-14H,7H2,1-6H3;7-11,14H,1-6H3;7-9,11-12H,6H2,1-5H3;2H,4H2,1H3,(H,5,6)/b;13-7+;14-7-;;;;;. The Morgan fingerprint density at radius 1 is 0.429 bits per heavy atom. The summed E-state index contributed by atoms with van der Waals surface area (Å²) in [5.41, 5.74) is 5.50. The van der Waals surface area contributed by atoms with E-state index >= 15 is 0 Å². The van der Waals surface area contributed by atoms with E-state index in [9.17, 15) is 71.8 Å². The van der Waals surface area contributed by atoms with Crippen molar-refractivity contribution >= 4 is 87.1 Å². The number of amides is 3. The highest BCUT2D eigenvalue weighted by Gasteiger charge is 2.28. The quantitative estimate of drug-likeness (QED) is 0.0141. The SMILES string of the molecule is CC(C)NC(C)/C=[N+](\[O-])C(C)C(=O)C(C)C.CC(C)NC(C)C(=O)NC(C)C(=O)C(C)C.CC(C)NC(C)C(O)CNC(C)C(=O)C(C)C.CC(C)NC(C)C=NC(C)C(=O)C(C)C.CC(C)NC(C)CNC(C)C(=O)C(C)C.CC([NH3+])C(=O)[O-].CCC(=O)C(C)NC(=O)N/N=C/C(C)NC(C)C.CCNC(C)S(=O)(=O)NC(C)C(=O)C(C)C. The van der Waals surface area contributed by atoms with Crippen molar-refractivity contribution in [1.29, 1.82) is 0 Å². The lowest BCUT2D eigenvalue weighted by molar-refractivity contribution is -0.479. The van der Waals surface area contributed by atoms with Gasteiger partial charge in [0.25, 0.3) is 0 Å². The molecule has 0 spiro atoms. The van der Waals surface area contributed by atoms with E-state index in [0.29, 0.717) is 55.8 Å². The molecular weight excluding hydrogens is 1540 g/mol. The predicted octanol–water partition coefficient (Wildman–Crippen LogP) is 6.11. The monoisotopic (exact) mass is 1720 g/mol. The number of aliphatic hydroxyl groups excluding tert-OH is 1. The second-order valence-corrected chi connectivity index (χ2v) is 36.5. The maximum absolute atomic E-state index is 11.7. The van der Waals surface area contributed by atoms with Gasteiger partial charge in [-0.15, -0.1) is 0 Å². The Hall–Kier alpha value is -5.82. The first-order chi connectivity index (χ1) is 54.2. The molecule has 0 aliphatic heterocycles. The van der Waals surface area contributed by atoms with Crippen LogP contribution in [0.1, 0.15) is 290 Å². The van der Waals surface area contributed by atoms with Crippen molar-refractivity contribution in [2.45, 2.75) is 423 Å². The van der Waals surface area contributed by atoms with Crippen LogP contribution in [0.15, 0.2) is 10.1 Å². The Morgan fingerprint density at radius 2 is 0.790 bits per heavy atom. The molecule has 17 N–H and O–H groups in total. The fourth-order valence-electron chi connectivity index (χ4n) is 10.4. The molecule has 704 valence electrons. The van der Waals surface area contributed by atoms with Crippen LogP contribution in [-0.2, 0) is 53.2 Å². The molecule has 0 saturated heterocycles. The summed E-state index contributed by atoms with van der Waals surface area (Å²) in [6, 6.07) is -1.14. The second kappa shape index (κ2) is 71.6. The highest BCUT2D eigenvalue weighted by Crippen LogP contribution is 2.08. The van der Waals surface area contributed by atoms with Gasteiger partial charge in [0.1, 0.15) is 17.5 Å². The van der Waals surface area contributed by atoms with E-state index in [1.165, 1.54) is 13.1 Å². The van der Waals surface area contributed by atoms with E-state index < -0.39 is 63.7 Å². The number of hydroxylamine groups is 1. The van der Waals surface area contributed by atoms with E-state index in [4.69, 9.17) is 0 Å². The number of sulfonamides is 1. The Balaban J connectivity index is -0.000000199. The number of hydrogen-bond donors (Lipinski definition) is 15. The number of carboxylic acids is 1. The Labute approximate surface area is 722 Å². The third kappa shape index (κ3) is 74.5. The number of ketones is 7. The van der Waals surface area contributed by atoms with E-state index in [-0.39, 0.29) is 136 Å². The van der Waals surface area contributed by atoms with Gasteiger partial charge in [-0.3, -0.25) is 43.3 Å². The van der Waals surface area contributed by atoms with Crippen LogP contribution in [0, 0.1) is 40.7 Å². The molecule has 0 aliphatic carbocycles. The average Bonchev–Trinajstić information content (AvgIpc) is 0.862. The molecule has 119 heavy (non-hydrogen) atoms. The summed E-state index contributed by atoms with van der Waals surface area (Å²) >= 11 is 0. The van der Waals surface area contributed by atoms with E-state index in [2.05, 4.69) is 119 Å². The third-order valence-electron chi connectivity index (χ3n) is 16.9. The smallest absolute Gasteiger partial charge is 0.335 e. The molecule has 0 radical (unpaired) electrons. The van der Waals surface area contributed by atoms with Crippen molar-refractivity contribution in [3.05, 3.63) is 5.21 Å². The van der Waals surface area contributed by atoms with Crippen molar-refractivity contribution in [2.75, 3.05) is 19.6 Å². The molecule has 0 heterocycles. The highest BCUT2D eigenvalue weighted by molar-refractivity contribution is 7.90. The molecular formula is C86H179N17O15S. The fraction of sp³-hybridized carbons (Fsp3) is 0.849. The highest BCUT2D eigenvalue weighted by atomic mass is 32.2. The number of aliphatic carboxylic acids is 1. The number of Topliss-reactive ketones (excluding diaryl/α,β-unsaturated/α-hetero) is 7. The topological polar surface area (TPSA) is 483 Å². The Morgan fingerprint density at radius 3 is 1.15 bits per heavy atom. The van der Waals surface area contributed by atoms with Gasteiger partial charge in [-0.25, -0.2) is 28.1 Å². The molecule has 0 bridgehead atoms. The zero-order valence-corrected chi connectivity index (χ0v) is 82.7. The minimum atomic E-state index is -3.48. The van der Waals surface area contributed by atoms with Crippen molar-refractivity contribution in [1.82, 2.24) is 68.6 Å². The number of carboxylic acid groups (broad SMARTS) is 1. The summed E-state index contributed by atoms with van der Waals surface area (Å²) in [4.78, 5) is 118. The summed E-state index contributed by atoms with van der Waals surface area (Å²) in [6.07, 6.45) is 4.86.